The summed E-state index contributed by atoms with van der Waals surface area (Å²) in [6, 6.07) is 3.73. The van der Waals surface area contributed by atoms with Crippen LogP contribution in [0.4, 0.5) is 24.8 Å². The second-order valence-corrected chi connectivity index (χ2v) is 10.1. The molecule has 0 spiro atoms. The lowest BCUT2D eigenvalue weighted by molar-refractivity contribution is 0.347. The molecule has 1 aliphatic heterocycles. The first-order chi connectivity index (χ1) is 16.8. The first-order valence-electron chi connectivity index (χ1n) is 11.5. The van der Waals surface area contributed by atoms with Crippen molar-refractivity contribution < 1.29 is 17.4 Å². The van der Waals surface area contributed by atoms with Gasteiger partial charge in [0.25, 0.3) is 5.56 Å². The summed E-state index contributed by atoms with van der Waals surface area (Å²) in [7, 11) is 1.48. The van der Waals surface area contributed by atoms with Crippen molar-refractivity contribution in [3.8, 4) is 11.1 Å². The number of anilines is 2. The summed E-state index contributed by atoms with van der Waals surface area (Å²) >= 11 is -1.92. The largest absolute Gasteiger partial charge is 0.351 e. The fourth-order valence-corrected chi connectivity index (χ4v) is 5.67. The van der Waals surface area contributed by atoms with Crippen LogP contribution >= 0.6 is 0 Å². The summed E-state index contributed by atoms with van der Waals surface area (Å²) in [5, 5.41) is 3.71. The molecule has 2 aliphatic rings. The molecular weight excluding hydrogens is 481 g/mol. The van der Waals surface area contributed by atoms with Gasteiger partial charge in [-0.3, -0.25) is 14.1 Å². The van der Waals surface area contributed by atoms with E-state index in [9.17, 15) is 17.8 Å². The lowest BCUT2D eigenvalue weighted by atomic mass is 10.0. The molecule has 1 unspecified atom stereocenters. The van der Waals surface area contributed by atoms with E-state index in [1.807, 2.05) is 0 Å². The number of nitrogens with zero attached hydrogens (tertiary/aromatic N) is 4. The zero-order chi connectivity index (χ0) is 24.7. The molecule has 12 heteroatoms. The Hall–Kier alpha value is -2.99. The molecule has 5 rings (SSSR count). The van der Waals surface area contributed by atoms with Crippen LogP contribution in [-0.2, 0) is 18.2 Å². The van der Waals surface area contributed by atoms with Gasteiger partial charge in [-0.1, -0.05) is 12.8 Å². The molecule has 8 nitrogen and oxygen atoms in total. The van der Waals surface area contributed by atoms with Crippen molar-refractivity contribution >= 4 is 33.8 Å². The van der Waals surface area contributed by atoms with Crippen LogP contribution in [0.5, 0.6) is 0 Å². The van der Waals surface area contributed by atoms with Crippen LogP contribution < -0.4 is 15.6 Å². The van der Waals surface area contributed by atoms with Gasteiger partial charge in [-0.2, -0.15) is 4.98 Å². The maximum atomic E-state index is 15.4. The number of rotatable bonds is 6. The molecule has 1 aromatic carbocycles. The van der Waals surface area contributed by atoms with Crippen molar-refractivity contribution in [3.63, 3.8) is 0 Å². The van der Waals surface area contributed by atoms with Crippen molar-refractivity contribution in [2.24, 2.45) is 7.05 Å². The van der Waals surface area contributed by atoms with Gasteiger partial charge in [0.2, 0.25) is 5.95 Å². The Kier molecular flexibility index (Phi) is 6.49. The Morgan fingerprint density at radius 1 is 1.17 bits per heavy atom. The summed E-state index contributed by atoms with van der Waals surface area (Å²) in [6.07, 6.45) is 4.97. The van der Waals surface area contributed by atoms with Crippen LogP contribution in [-0.4, -0.2) is 48.4 Å². The van der Waals surface area contributed by atoms with Crippen LogP contribution in [0, 0.1) is 11.6 Å². The molecule has 0 bridgehead atoms. The van der Waals surface area contributed by atoms with Gasteiger partial charge in [0, 0.05) is 37.8 Å². The Morgan fingerprint density at radius 3 is 2.66 bits per heavy atom. The first kappa shape index (κ1) is 23.7. The lowest BCUT2D eigenvalue weighted by Gasteiger charge is -2.17. The van der Waals surface area contributed by atoms with Crippen molar-refractivity contribution in [1.82, 2.24) is 18.8 Å². The normalized spacial score (nSPS) is 19.9. The molecule has 2 N–H and O–H groups in total. The second kappa shape index (κ2) is 9.57. The number of aromatic nitrogens is 3. The number of hydrogen-bond donors (Lipinski definition) is 2. The standard InChI is InChI=1S/C23H25F3N6O2S/c1-31-21-13(11-27-23(29-21)28-15-4-2-3-5-15)10-16(22(31)33)19-17(25)6-7-18(20(19)26)30-35(34)32-9-8-14(24)12-32/h6-7,10-11,14-15,30H,2-5,8-9,12H2,1H3,(H,27,28,29)/t14-,35?/m1/s1. The molecule has 0 amide bonds. The molecule has 3 heterocycles. The minimum atomic E-state index is -1.92. The molecule has 2 fully saturated rings. The smallest absolute Gasteiger partial charge is 0.260 e. The van der Waals surface area contributed by atoms with E-state index in [4.69, 9.17) is 0 Å². The van der Waals surface area contributed by atoms with E-state index < -0.39 is 40.1 Å². The Bertz CT molecular complexity index is 1360. The van der Waals surface area contributed by atoms with E-state index >= 15 is 4.39 Å². The summed E-state index contributed by atoms with van der Waals surface area (Å²) in [5.74, 6) is -1.61. The fourth-order valence-electron chi connectivity index (χ4n) is 4.62. The van der Waals surface area contributed by atoms with Crippen LogP contribution in [0.15, 0.2) is 29.2 Å². The van der Waals surface area contributed by atoms with Gasteiger partial charge in [0.1, 0.15) is 17.6 Å². The van der Waals surface area contributed by atoms with Crippen molar-refractivity contribution in [2.45, 2.75) is 44.3 Å². The van der Waals surface area contributed by atoms with Crippen molar-refractivity contribution in [2.75, 3.05) is 23.1 Å². The number of fused-ring (bicyclic) bond motifs is 1. The molecule has 35 heavy (non-hydrogen) atoms. The van der Waals surface area contributed by atoms with Gasteiger partial charge >= 0.3 is 0 Å². The minimum absolute atomic E-state index is 0.0436. The van der Waals surface area contributed by atoms with Gasteiger partial charge in [0.05, 0.1) is 16.8 Å². The third kappa shape index (κ3) is 4.64. The third-order valence-corrected chi connectivity index (χ3v) is 7.72. The lowest BCUT2D eigenvalue weighted by Crippen LogP contribution is -2.29. The average molecular weight is 507 g/mol. The molecule has 1 saturated carbocycles. The maximum Gasteiger partial charge on any atom is 0.260 e. The number of alkyl halides is 1. The number of hydrogen-bond acceptors (Lipinski definition) is 5. The van der Waals surface area contributed by atoms with E-state index in [0.717, 1.165) is 37.8 Å². The number of benzene rings is 1. The van der Waals surface area contributed by atoms with Crippen molar-refractivity contribution in [1.29, 1.82) is 0 Å². The highest BCUT2D eigenvalue weighted by molar-refractivity contribution is 7.84. The molecule has 1 saturated heterocycles. The molecule has 2 aromatic heterocycles. The number of nitrogens with one attached hydrogen (secondary N) is 2. The Balaban J connectivity index is 1.50. The highest BCUT2D eigenvalue weighted by Gasteiger charge is 2.28. The molecule has 1 aliphatic carbocycles. The Morgan fingerprint density at radius 2 is 1.94 bits per heavy atom. The van der Waals surface area contributed by atoms with Gasteiger partial charge in [-0.05, 0) is 37.5 Å². The molecular formula is C23H25F3N6O2S. The minimum Gasteiger partial charge on any atom is -0.351 e. The van der Waals surface area contributed by atoms with E-state index in [2.05, 4.69) is 20.0 Å². The predicted octanol–water partition coefficient (Wildman–Crippen LogP) is 3.66. The van der Waals surface area contributed by atoms with Gasteiger partial charge < -0.3 is 5.32 Å². The summed E-state index contributed by atoms with van der Waals surface area (Å²) in [6.45, 7) is 0.206. The van der Waals surface area contributed by atoms with Crippen LogP contribution in [0.2, 0.25) is 0 Å². The van der Waals surface area contributed by atoms with Crippen molar-refractivity contribution in [3.05, 3.63) is 46.4 Å². The third-order valence-electron chi connectivity index (χ3n) is 6.52. The maximum absolute atomic E-state index is 15.4. The molecule has 3 aromatic rings. The van der Waals surface area contributed by atoms with Gasteiger partial charge in [-0.25, -0.2) is 26.7 Å². The second-order valence-electron chi connectivity index (χ2n) is 8.93. The topological polar surface area (TPSA) is 92.2 Å². The summed E-state index contributed by atoms with van der Waals surface area (Å²) < 4.78 is 61.2. The summed E-state index contributed by atoms with van der Waals surface area (Å²) in [5.41, 5.74) is -1.32. The van der Waals surface area contributed by atoms with Crippen LogP contribution in [0.25, 0.3) is 22.2 Å². The highest BCUT2D eigenvalue weighted by Crippen LogP contribution is 2.31. The van der Waals surface area contributed by atoms with Gasteiger partial charge in [0.15, 0.2) is 17.0 Å². The predicted molar refractivity (Wildman–Crippen MR) is 129 cm³/mol. The molecule has 186 valence electrons. The van der Waals surface area contributed by atoms with Crippen LogP contribution in [0.1, 0.15) is 32.1 Å². The zero-order valence-electron chi connectivity index (χ0n) is 19.1. The summed E-state index contributed by atoms with van der Waals surface area (Å²) in [4.78, 5) is 21.9. The van der Waals surface area contributed by atoms with Gasteiger partial charge in [-0.15, -0.1) is 0 Å². The van der Waals surface area contributed by atoms with E-state index in [1.54, 1.807) is 0 Å². The zero-order valence-corrected chi connectivity index (χ0v) is 19.9. The molecule has 2 atom stereocenters. The number of halogens is 3. The van der Waals surface area contributed by atoms with E-state index in [1.165, 1.54) is 28.2 Å². The highest BCUT2D eigenvalue weighted by atomic mass is 32.2. The quantitative estimate of drug-likeness (QED) is 0.533. The van der Waals surface area contributed by atoms with Crippen LogP contribution in [0.3, 0.4) is 0 Å². The number of aryl methyl sites for hydroxylation is 1. The number of pyridine rings is 1. The van der Waals surface area contributed by atoms with E-state index in [-0.39, 0.29) is 36.8 Å². The average Bonchev–Trinajstić information content (AvgIpc) is 3.51. The molecule has 0 radical (unpaired) electrons. The monoisotopic (exact) mass is 506 g/mol. The fraction of sp³-hybridized carbons (Fsp3) is 0.435. The van der Waals surface area contributed by atoms with E-state index in [0.29, 0.717) is 17.0 Å². The first-order valence-corrected chi connectivity index (χ1v) is 12.6. The SMILES string of the molecule is Cn1c(=O)c(-c2c(F)ccc(NS(=O)N3CC[C@@H](F)C3)c2F)cc2cnc(NC3CCCC3)nc21. The Labute approximate surface area is 202 Å².